The molecular formula is C21H18N8OS. The summed E-state index contributed by atoms with van der Waals surface area (Å²) < 4.78 is 8.37. The fourth-order valence-corrected chi connectivity index (χ4v) is 3.78. The molecule has 4 heterocycles. The van der Waals surface area contributed by atoms with Crippen molar-refractivity contribution in [1.82, 2.24) is 29.5 Å². The molecule has 0 aliphatic carbocycles. The number of methoxy groups -OCH3 is 1. The molecule has 0 fully saturated rings. The molecule has 5 aromatic rings. The Labute approximate surface area is 181 Å². The topological polar surface area (TPSA) is 103 Å². The van der Waals surface area contributed by atoms with Crippen molar-refractivity contribution in [2.24, 2.45) is 0 Å². The number of fused-ring (bicyclic) bond motifs is 1. The van der Waals surface area contributed by atoms with E-state index in [1.165, 1.54) is 11.3 Å². The third-order valence-corrected chi connectivity index (χ3v) is 5.35. The fraction of sp³-hybridized carbons (Fsp3) is 0.0952. The Morgan fingerprint density at radius 3 is 2.74 bits per heavy atom. The number of nitrogens with one attached hydrogen (secondary N) is 2. The molecule has 1 aromatic carbocycles. The second kappa shape index (κ2) is 8.00. The smallest absolute Gasteiger partial charge is 0.231 e. The number of pyridine rings is 1. The Kier molecular flexibility index (Phi) is 4.89. The van der Waals surface area contributed by atoms with E-state index < -0.39 is 0 Å². The highest BCUT2D eigenvalue weighted by molar-refractivity contribution is 7.17. The molecule has 10 heteroatoms. The van der Waals surface area contributed by atoms with Gasteiger partial charge in [0.1, 0.15) is 16.3 Å². The first-order valence-corrected chi connectivity index (χ1v) is 10.3. The molecule has 0 saturated heterocycles. The van der Waals surface area contributed by atoms with Crippen LogP contribution in [0, 0.1) is 6.92 Å². The lowest BCUT2D eigenvalue weighted by atomic mass is 10.2. The van der Waals surface area contributed by atoms with Gasteiger partial charge in [0.25, 0.3) is 0 Å². The summed E-state index contributed by atoms with van der Waals surface area (Å²) in [6.07, 6.45) is 5.43. The molecule has 31 heavy (non-hydrogen) atoms. The lowest BCUT2D eigenvalue weighted by molar-refractivity contribution is 0.413. The summed E-state index contributed by atoms with van der Waals surface area (Å²) in [6.45, 7) is 1.95. The molecule has 9 nitrogen and oxygen atoms in total. The molecule has 0 atom stereocenters. The summed E-state index contributed by atoms with van der Waals surface area (Å²) in [6, 6.07) is 11.4. The van der Waals surface area contributed by atoms with Crippen molar-refractivity contribution in [3.05, 3.63) is 66.3 Å². The number of thiazole rings is 1. The van der Waals surface area contributed by atoms with Crippen LogP contribution in [0.3, 0.4) is 0 Å². The van der Waals surface area contributed by atoms with Crippen molar-refractivity contribution in [2.45, 2.75) is 6.92 Å². The van der Waals surface area contributed by atoms with Gasteiger partial charge in [-0.3, -0.25) is 0 Å². The number of ether oxygens (including phenoxy) is 1. The van der Waals surface area contributed by atoms with Crippen LogP contribution in [0.5, 0.6) is 5.75 Å². The molecule has 154 valence electrons. The molecule has 0 bridgehead atoms. The second-order valence-electron chi connectivity index (χ2n) is 6.67. The third-order valence-electron chi connectivity index (χ3n) is 4.53. The Balaban J connectivity index is 1.47. The standard InChI is InChI=1S/C21H18N8OS/c1-13-10-29(11-23-13)15-7-6-14(9-16(15)30-2)25-21-27-19-18(31-12-24-19)20(28-21)26-17-5-3-4-8-22-17/h3-12H,1-2H3,(H2,22,25,26,27,28). The van der Waals surface area contributed by atoms with Crippen molar-refractivity contribution in [1.29, 1.82) is 0 Å². The number of hydrogen-bond acceptors (Lipinski definition) is 9. The number of aryl methyl sites for hydroxylation is 1. The maximum absolute atomic E-state index is 5.59. The van der Waals surface area contributed by atoms with E-state index in [1.54, 1.807) is 25.1 Å². The van der Waals surface area contributed by atoms with Gasteiger partial charge >= 0.3 is 0 Å². The average molecular weight is 430 g/mol. The van der Waals surface area contributed by atoms with Gasteiger partial charge in [0.2, 0.25) is 5.95 Å². The molecule has 5 rings (SSSR count). The first kappa shape index (κ1) is 18.9. The van der Waals surface area contributed by atoms with E-state index in [0.717, 1.165) is 21.8 Å². The zero-order valence-corrected chi connectivity index (χ0v) is 17.6. The van der Waals surface area contributed by atoms with Crippen LogP contribution in [0.25, 0.3) is 16.0 Å². The fourth-order valence-electron chi connectivity index (χ4n) is 3.11. The Morgan fingerprint density at radius 2 is 1.97 bits per heavy atom. The zero-order chi connectivity index (χ0) is 21.2. The molecule has 2 N–H and O–H groups in total. The van der Waals surface area contributed by atoms with Gasteiger partial charge in [-0.2, -0.15) is 9.97 Å². The summed E-state index contributed by atoms with van der Waals surface area (Å²) >= 11 is 1.47. The minimum absolute atomic E-state index is 0.421. The van der Waals surface area contributed by atoms with Crippen molar-refractivity contribution in [3.63, 3.8) is 0 Å². The van der Waals surface area contributed by atoms with E-state index in [9.17, 15) is 0 Å². The van der Waals surface area contributed by atoms with Crippen LogP contribution in [0.15, 0.2) is 60.6 Å². The first-order chi connectivity index (χ1) is 15.2. The minimum Gasteiger partial charge on any atom is -0.494 e. The Hall–Kier alpha value is -4.05. The zero-order valence-electron chi connectivity index (χ0n) is 16.8. The highest BCUT2D eigenvalue weighted by atomic mass is 32.1. The van der Waals surface area contributed by atoms with E-state index in [4.69, 9.17) is 4.74 Å². The number of rotatable bonds is 6. The SMILES string of the molecule is COc1cc(Nc2nc(Nc3ccccn3)c3scnc3n2)ccc1-n1cnc(C)c1. The first-order valence-electron chi connectivity index (χ1n) is 9.45. The van der Waals surface area contributed by atoms with Gasteiger partial charge in [-0.15, -0.1) is 11.3 Å². The summed E-state index contributed by atoms with van der Waals surface area (Å²) in [5.41, 5.74) is 4.97. The number of anilines is 4. The van der Waals surface area contributed by atoms with Gasteiger partial charge < -0.3 is 19.9 Å². The van der Waals surface area contributed by atoms with Crippen LogP contribution in [0.2, 0.25) is 0 Å². The Morgan fingerprint density at radius 1 is 1.03 bits per heavy atom. The van der Waals surface area contributed by atoms with Gasteiger partial charge in [0, 0.05) is 24.1 Å². The van der Waals surface area contributed by atoms with Crippen LogP contribution in [-0.2, 0) is 0 Å². The quantitative estimate of drug-likeness (QED) is 0.407. The lowest BCUT2D eigenvalue weighted by Gasteiger charge is -2.13. The monoisotopic (exact) mass is 430 g/mol. The molecule has 0 aliphatic heterocycles. The number of imidazole rings is 1. The summed E-state index contributed by atoms with van der Waals surface area (Å²) in [7, 11) is 1.64. The molecule has 0 unspecified atom stereocenters. The van der Waals surface area contributed by atoms with E-state index in [0.29, 0.717) is 29.0 Å². The number of benzene rings is 1. The molecular weight excluding hydrogens is 412 g/mol. The largest absolute Gasteiger partial charge is 0.494 e. The van der Waals surface area contributed by atoms with Crippen molar-refractivity contribution in [2.75, 3.05) is 17.7 Å². The van der Waals surface area contributed by atoms with E-state index in [2.05, 4.69) is 35.6 Å². The average Bonchev–Trinajstić information content (AvgIpc) is 3.43. The summed E-state index contributed by atoms with van der Waals surface area (Å²) in [4.78, 5) is 22.1. The predicted octanol–water partition coefficient (Wildman–Crippen LogP) is 4.47. The predicted molar refractivity (Wildman–Crippen MR) is 121 cm³/mol. The van der Waals surface area contributed by atoms with Gasteiger partial charge in [-0.25, -0.2) is 15.0 Å². The van der Waals surface area contributed by atoms with Crippen LogP contribution in [0.1, 0.15) is 5.69 Å². The molecule has 0 aliphatic rings. The van der Waals surface area contributed by atoms with Crippen LogP contribution >= 0.6 is 11.3 Å². The summed E-state index contributed by atoms with van der Waals surface area (Å²) in [5.74, 6) is 2.46. The van der Waals surface area contributed by atoms with Crippen LogP contribution in [0.4, 0.5) is 23.3 Å². The maximum atomic E-state index is 5.59. The number of hydrogen-bond donors (Lipinski definition) is 2. The van der Waals surface area contributed by atoms with Gasteiger partial charge in [0.15, 0.2) is 11.5 Å². The number of aromatic nitrogens is 6. The van der Waals surface area contributed by atoms with Gasteiger partial charge in [-0.1, -0.05) is 6.07 Å². The van der Waals surface area contributed by atoms with Crippen LogP contribution in [-0.4, -0.2) is 36.6 Å². The van der Waals surface area contributed by atoms with Crippen molar-refractivity contribution in [3.8, 4) is 11.4 Å². The van der Waals surface area contributed by atoms with Gasteiger partial charge in [0.05, 0.1) is 30.3 Å². The normalized spacial score (nSPS) is 10.9. The summed E-state index contributed by atoms with van der Waals surface area (Å²) in [5, 5.41) is 6.50. The molecule has 0 spiro atoms. The second-order valence-corrected chi connectivity index (χ2v) is 7.53. The highest BCUT2D eigenvalue weighted by Gasteiger charge is 2.13. The van der Waals surface area contributed by atoms with E-state index >= 15 is 0 Å². The highest BCUT2D eigenvalue weighted by Crippen LogP contribution is 2.31. The lowest BCUT2D eigenvalue weighted by Crippen LogP contribution is -2.03. The van der Waals surface area contributed by atoms with Crippen molar-refractivity contribution >= 4 is 45.0 Å². The minimum atomic E-state index is 0.421. The molecule has 4 aromatic heterocycles. The molecule has 0 saturated carbocycles. The molecule has 0 radical (unpaired) electrons. The van der Waals surface area contributed by atoms with Crippen LogP contribution < -0.4 is 15.4 Å². The Bertz CT molecular complexity index is 1350. The van der Waals surface area contributed by atoms with E-state index in [-0.39, 0.29) is 0 Å². The van der Waals surface area contributed by atoms with Crippen molar-refractivity contribution < 1.29 is 4.74 Å². The maximum Gasteiger partial charge on any atom is 0.231 e. The van der Waals surface area contributed by atoms with Gasteiger partial charge in [-0.05, 0) is 31.2 Å². The number of nitrogens with zero attached hydrogens (tertiary/aromatic N) is 6. The third kappa shape index (κ3) is 3.88. The molecule has 0 amide bonds. The van der Waals surface area contributed by atoms with E-state index in [1.807, 2.05) is 54.1 Å².